The van der Waals surface area contributed by atoms with Gasteiger partial charge < -0.3 is 14.6 Å². The minimum Gasteiger partial charge on any atom is -0.383 e. The number of aromatic nitrogens is 1. The van der Waals surface area contributed by atoms with E-state index in [1.807, 2.05) is 33.9 Å². The molecule has 2 heterocycles. The van der Waals surface area contributed by atoms with Crippen LogP contribution in [0.1, 0.15) is 50.7 Å². The predicted molar refractivity (Wildman–Crippen MR) is 117 cm³/mol. The Morgan fingerprint density at radius 2 is 2.04 bits per heavy atom. The number of thiophene rings is 1. The van der Waals surface area contributed by atoms with Crippen molar-refractivity contribution in [3.63, 3.8) is 0 Å². The van der Waals surface area contributed by atoms with Crippen LogP contribution >= 0.6 is 23.1 Å². The zero-order valence-corrected chi connectivity index (χ0v) is 18.8. The first-order valence-electron chi connectivity index (χ1n) is 8.92. The lowest BCUT2D eigenvalue weighted by Gasteiger charge is -2.17. The fraction of sp³-hybridized carbons (Fsp3) is 0.500. The molecule has 0 saturated carbocycles. The lowest BCUT2D eigenvalue weighted by atomic mass is 10.2. The Labute approximate surface area is 170 Å². The van der Waals surface area contributed by atoms with E-state index in [-0.39, 0.29) is 17.6 Å². The van der Waals surface area contributed by atoms with E-state index < -0.39 is 0 Å². The number of hydrogen-bond acceptors (Lipinski definition) is 6. The van der Waals surface area contributed by atoms with Gasteiger partial charge in [0.25, 0.3) is 0 Å². The zero-order chi connectivity index (χ0) is 20.3. The highest BCUT2D eigenvalue weighted by molar-refractivity contribution is 8.14. The number of nitrogens with zero attached hydrogens (tertiary/aromatic N) is 1. The normalized spacial score (nSPS) is 12.3. The summed E-state index contributed by atoms with van der Waals surface area (Å²) in [6.07, 6.45) is 0. The maximum Gasteiger partial charge on any atom is 0.174 e. The summed E-state index contributed by atoms with van der Waals surface area (Å²) in [5, 5.41) is 13.1. The van der Waals surface area contributed by atoms with Crippen molar-refractivity contribution in [2.24, 2.45) is 0 Å². The van der Waals surface area contributed by atoms with Crippen LogP contribution in [0, 0.1) is 33.1 Å². The molecule has 2 N–H and O–H groups in total. The second-order valence-electron chi connectivity index (χ2n) is 6.74. The molecule has 7 heteroatoms. The SMILES string of the molecule is CNc1sc(C)c(C)c1C(=N)SCC(=O)c1cc(C)n(C(C)COC)c1C. The molecule has 0 aliphatic heterocycles. The predicted octanol–water partition coefficient (Wildman–Crippen LogP) is 4.97. The molecule has 0 spiro atoms. The molecule has 1 atom stereocenters. The summed E-state index contributed by atoms with van der Waals surface area (Å²) in [4.78, 5) is 14.0. The first kappa shape index (κ1) is 21.7. The smallest absolute Gasteiger partial charge is 0.174 e. The topological polar surface area (TPSA) is 67.1 Å². The largest absolute Gasteiger partial charge is 0.383 e. The highest BCUT2D eigenvalue weighted by atomic mass is 32.2. The third kappa shape index (κ3) is 4.47. The van der Waals surface area contributed by atoms with Crippen LogP contribution in [-0.2, 0) is 4.74 Å². The minimum atomic E-state index is 0.0596. The average molecular weight is 408 g/mol. The summed E-state index contributed by atoms with van der Waals surface area (Å²) < 4.78 is 7.41. The van der Waals surface area contributed by atoms with Crippen LogP contribution in [0.3, 0.4) is 0 Å². The summed E-state index contributed by atoms with van der Waals surface area (Å²) in [7, 11) is 3.56. The molecule has 0 fully saturated rings. The number of hydrogen-bond donors (Lipinski definition) is 2. The van der Waals surface area contributed by atoms with E-state index in [1.54, 1.807) is 18.4 Å². The van der Waals surface area contributed by atoms with Crippen molar-refractivity contribution in [1.29, 1.82) is 5.41 Å². The van der Waals surface area contributed by atoms with Crippen LogP contribution in [0.15, 0.2) is 6.07 Å². The van der Waals surface area contributed by atoms with Gasteiger partial charge in [0.1, 0.15) is 0 Å². The second kappa shape index (κ2) is 9.08. The maximum atomic E-state index is 12.8. The molecule has 0 radical (unpaired) electrons. The third-order valence-electron chi connectivity index (χ3n) is 4.82. The molecule has 0 aliphatic carbocycles. The Morgan fingerprint density at radius 1 is 1.37 bits per heavy atom. The molecule has 2 rings (SSSR count). The van der Waals surface area contributed by atoms with E-state index in [4.69, 9.17) is 10.1 Å². The van der Waals surface area contributed by atoms with Gasteiger partial charge in [0.05, 0.1) is 28.4 Å². The molecule has 5 nitrogen and oxygen atoms in total. The quantitative estimate of drug-likeness (QED) is 0.368. The average Bonchev–Trinajstić information content (AvgIpc) is 3.08. The first-order valence-corrected chi connectivity index (χ1v) is 10.7. The Bertz CT molecular complexity index is 852. The van der Waals surface area contributed by atoms with Crippen LogP contribution in [0.4, 0.5) is 5.00 Å². The molecular weight excluding hydrogens is 378 g/mol. The number of aryl methyl sites for hydroxylation is 2. The van der Waals surface area contributed by atoms with Crippen molar-refractivity contribution in [2.75, 3.05) is 31.8 Å². The number of methoxy groups -OCH3 is 1. The molecule has 27 heavy (non-hydrogen) atoms. The van der Waals surface area contributed by atoms with Crippen LogP contribution in [-0.4, -0.2) is 41.9 Å². The molecule has 148 valence electrons. The van der Waals surface area contributed by atoms with Gasteiger partial charge in [-0.05, 0) is 46.2 Å². The number of thioether (sulfide) groups is 1. The van der Waals surface area contributed by atoms with E-state index in [0.29, 0.717) is 11.7 Å². The number of carbonyl (C=O) groups excluding carboxylic acids is 1. The van der Waals surface area contributed by atoms with E-state index in [1.165, 1.54) is 16.6 Å². The standard InChI is InChI=1S/C20H29N3O2S2/c1-11-8-16(14(4)23(11)12(2)9-25-7)17(24)10-26-19(21)18-13(3)15(5)27-20(18)22-6/h8,12,21-22H,9-10H2,1-7H3. The van der Waals surface area contributed by atoms with Crippen LogP contribution in [0.25, 0.3) is 0 Å². The van der Waals surface area contributed by atoms with Gasteiger partial charge in [0, 0.05) is 41.5 Å². The lowest BCUT2D eigenvalue weighted by Crippen LogP contribution is -2.15. The number of rotatable bonds is 8. The van der Waals surface area contributed by atoms with Gasteiger partial charge in [-0.1, -0.05) is 11.8 Å². The van der Waals surface area contributed by atoms with Crippen molar-refractivity contribution >= 4 is 38.9 Å². The minimum absolute atomic E-state index is 0.0596. The third-order valence-corrected chi connectivity index (χ3v) is 6.94. The van der Waals surface area contributed by atoms with Crippen molar-refractivity contribution in [1.82, 2.24) is 4.57 Å². The Kier molecular flexibility index (Phi) is 7.31. The molecule has 0 amide bonds. The van der Waals surface area contributed by atoms with Gasteiger partial charge in [-0.2, -0.15) is 0 Å². The van der Waals surface area contributed by atoms with Crippen molar-refractivity contribution in [2.45, 2.75) is 40.7 Å². The van der Waals surface area contributed by atoms with E-state index in [2.05, 4.69) is 23.7 Å². The monoisotopic (exact) mass is 407 g/mol. The summed E-state index contributed by atoms with van der Waals surface area (Å²) in [6.45, 7) is 10.8. The number of ether oxygens (including phenoxy) is 1. The van der Waals surface area contributed by atoms with Crippen LogP contribution in [0.2, 0.25) is 0 Å². The van der Waals surface area contributed by atoms with Crippen molar-refractivity contribution in [3.05, 3.63) is 39.0 Å². The molecule has 1 unspecified atom stereocenters. The van der Waals surface area contributed by atoms with E-state index in [9.17, 15) is 4.79 Å². The number of anilines is 1. The highest BCUT2D eigenvalue weighted by Crippen LogP contribution is 2.35. The number of nitrogens with one attached hydrogen (secondary N) is 2. The van der Waals surface area contributed by atoms with Crippen molar-refractivity contribution < 1.29 is 9.53 Å². The summed E-state index contributed by atoms with van der Waals surface area (Å²) in [5.41, 5.74) is 4.79. The van der Waals surface area contributed by atoms with Gasteiger partial charge in [-0.3, -0.25) is 10.2 Å². The second-order valence-corrected chi connectivity index (χ2v) is 8.95. The lowest BCUT2D eigenvalue weighted by molar-refractivity contribution is 0.102. The van der Waals surface area contributed by atoms with Gasteiger partial charge in [0.15, 0.2) is 5.78 Å². The van der Waals surface area contributed by atoms with E-state index in [0.717, 1.165) is 33.1 Å². The molecule has 2 aromatic heterocycles. The number of carbonyl (C=O) groups is 1. The Balaban J connectivity index is 2.15. The molecule has 0 aromatic carbocycles. The van der Waals surface area contributed by atoms with Crippen LogP contribution < -0.4 is 5.32 Å². The molecule has 0 saturated heterocycles. The highest BCUT2D eigenvalue weighted by Gasteiger charge is 2.21. The van der Waals surface area contributed by atoms with Crippen molar-refractivity contribution in [3.8, 4) is 0 Å². The zero-order valence-electron chi connectivity index (χ0n) is 17.1. The van der Waals surface area contributed by atoms with Gasteiger partial charge in [-0.15, -0.1) is 11.3 Å². The van der Waals surface area contributed by atoms with Gasteiger partial charge in [-0.25, -0.2) is 0 Å². The fourth-order valence-electron chi connectivity index (χ4n) is 3.42. The molecule has 0 aliphatic rings. The Morgan fingerprint density at radius 3 is 2.63 bits per heavy atom. The Hall–Kier alpha value is -1.57. The van der Waals surface area contributed by atoms with Gasteiger partial charge in [0.2, 0.25) is 0 Å². The van der Waals surface area contributed by atoms with Crippen LogP contribution in [0.5, 0.6) is 0 Å². The summed E-state index contributed by atoms with van der Waals surface area (Å²) >= 11 is 2.95. The maximum absolute atomic E-state index is 12.8. The number of Topliss-reactive ketones (excluding diaryl/α,β-unsaturated/α-hetero) is 1. The molecule has 2 aromatic rings. The number of ketones is 1. The molecule has 0 bridgehead atoms. The summed E-state index contributed by atoms with van der Waals surface area (Å²) in [5.74, 6) is 0.323. The van der Waals surface area contributed by atoms with E-state index >= 15 is 0 Å². The molecular formula is C20H29N3O2S2. The fourth-order valence-corrected chi connectivity index (χ4v) is 5.33. The van der Waals surface area contributed by atoms with Gasteiger partial charge >= 0.3 is 0 Å². The first-order chi connectivity index (χ1) is 12.7. The summed E-state index contributed by atoms with van der Waals surface area (Å²) in [6, 6.07) is 2.13.